The van der Waals surface area contributed by atoms with E-state index in [0.29, 0.717) is 23.7 Å². The van der Waals surface area contributed by atoms with Gasteiger partial charge in [-0.1, -0.05) is 19.3 Å². The maximum absolute atomic E-state index is 11.5. The number of methoxy groups -OCH3 is 1. The summed E-state index contributed by atoms with van der Waals surface area (Å²) in [6.07, 6.45) is 1.21. The van der Waals surface area contributed by atoms with Gasteiger partial charge in [-0.15, -0.1) is 0 Å². The lowest BCUT2D eigenvalue weighted by molar-refractivity contribution is -0.116. The van der Waals surface area contributed by atoms with Crippen LogP contribution in [-0.2, 0) is 9.53 Å². The molecular weight excluding hydrogens is 312 g/mol. The van der Waals surface area contributed by atoms with Gasteiger partial charge in [0.25, 0.3) is 0 Å². The highest BCUT2D eigenvalue weighted by molar-refractivity contribution is 5.94. The van der Waals surface area contributed by atoms with E-state index in [4.69, 9.17) is 9.47 Å². The molecule has 7 nitrogen and oxygen atoms in total. The van der Waals surface area contributed by atoms with Gasteiger partial charge < -0.3 is 14.2 Å². The van der Waals surface area contributed by atoms with Crippen molar-refractivity contribution in [3.63, 3.8) is 0 Å². The third-order valence-electron chi connectivity index (χ3n) is 2.79. The van der Waals surface area contributed by atoms with E-state index < -0.39 is 12.0 Å². The molecule has 0 radical (unpaired) electrons. The van der Waals surface area contributed by atoms with Crippen LogP contribution in [-0.4, -0.2) is 32.3 Å². The summed E-state index contributed by atoms with van der Waals surface area (Å²) in [5.74, 6) is 5.57. The number of ether oxygens (including phenoxy) is 3. The van der Waals surface area contributed by atoms with Crippen LogP contribution in [0.3, 0.4) is 0 Å². The van der Waals surface area contributed by atoms with Crippen LogP contribution in [0.2, 0.25) is 0 Å². The van der Waals surface area contributed by atoms with Gasteiger partial charge in [-0.2, -0.15) is 0 Å². The molecule has 1 rings (SSSR count). The molecular formula is C17H22N2O5. The first-order chi connectivity index (χ1) is 11.6. The lowest BCUT2D eigenvalue weighted by Crippen LogP contribution is -2.41. The Balaban J connectivity index is 2.68. The normalized spacial score (nSPS) is 9.29. The summed E-state index contributed by atoms with van der Waals surface area (Å²) in [5, 5.41) is 0. The molecule has 1 aromatic rings. The number of unbranched alkanes of at least 4 members (excludes halogenated alkanes) is 1. The predicted molar refractivity (Wildman–Crippen MR) is 88.6 cm³/mol. The second-order valence-electron chi connectivity index (χ2n) is 4.62. The minimum atomic E-state index is -0.747. The van der Waals surface area contributed by atoms with E-state index >= 15 is 0 Å². The average molecular weight is 334 g/mol. The van der Waals surface area contributed by atoms with Crippen molar-refractivity contribution >= 4 is 12.0 Å². The largest absolute Gasteiger partial charge is 0.493 e. The molecule has 2 N–H and O–H groups in total. The van der Waals surface area contributed by atoms with E-state index in [2.05, 4.69) is 34.4 Å². The van der Waals surface area contributed by atoms with Gasteiger partial charge >= 0.3 is 12.0 Å². The van der Waals surface area contributed by atoms with E-state index in [1.165, 1.54) is 0 Å². The lowest BCUT2D eigenvalue weighted by atomic mass is 10.2. The number of amides is 2. The van der Waals surface area contributed by atoms with E-state index in [-0.39, 0.29) is 6.61 Å². The summed E-state index contributed by atoms with van der Waals surface area (Å²) in [4.78, 5) is 22.6. The zero-order valence-corrected chi connectivity index (χ0v) is 14.1. The van der Waals surface area contributed by atoms with E-state index in [1.807, 2.05) is 0 Å². The number of nitrogens with one attached hydrogen (secondary N) is 2. The van der Waals surface area contributed by atoms with Crippen molar-refractivity contribution in [3.8, 4) is 23.3 Å². The van der Waals surface area contributed by atoms with Crippen molar-refractivity contribution in [1.29, 1.82) is 0 Å². The van der Waals surface area contributed by atoms with Gasteiger partial charge in [-0.25, -0.2) is 10.2 Å². The zero-order valence-electron chi connectivity index (χ0n) is 14.1. The van der Waals surface area contributed by atoms with Gasteiger partial charge in [0.15, 0.2) is 11.5 Å². The van der Waals surface area contributed by atoms with Crippen molar-refractivity contribution in [1.82, 2.24) is 10.9 Å². The fraction of sp³-hybridized carbons (Fsp3) is 0.412. The first kappa shape index (κ1) is 19.2. The number of carbonyl (C=O) groups excluding carboxylic acids is 2. The first-order valence-electron chi connectivity index (χ1n) is 7.66. The van der Waals surface area contributed by atoms with Gasteiger partial charge in [0, 0.05) is 11.5 Å². The maximum atomic E-state index is 11.5. The molecule has 0 saturated heterocycles. The Morgan fingerprint density at radius 3 is 2.62 bits per heavy atom. The van der Waals surface area contributed by atoms with Crippen LogP contribution >= 0.6 is 0 Å². The Labute approximate surface area is 141 Å². The Morgan fingerprint density at radius 1 is 1.17 bits per heavy atom. The summed E-state index contributed by atoms with van der Waals surface area (Å²) >= 11 is 0. The van der Waals surface area contributed by atoms with Gasteiger partial charge in [0.2, 0.25) is 0 Å². The second-order valence-corrected chi connectivity index (χ2v) is 4.62. The van der Waals surface area contributed by atoms with Crippen LogP contribution < -0.4 is 20.3 Å². The van der Waals surface area contributed by atoms with Crippen LogP contribution in [0.25, 0.3) is 0 Å². The van der Waals surface area contributed by atoms with E-state index in [9.17, 15) is 9.59 Å². The van der Waals surface area contributed by atoms with Gasteiger partial charge in [-0.3, -0.25) is 10.2 Å². The van der Waals surface area contributed by atoms with Crippen molar-refractivity contribution in [2.75, 3.05) is 20.3 Å². The van der Waals surface area contributed by atoms with E-state index in [0.717, 1.165) is 12.8 Å². The lowest BCUT2D eigenvalue weighted by Gasteiger charge is -2.10. The first-order valence-corrected chi connectivity index (χ1v) is 7.66. The molecule has 0 saturated carbocycles. The number of hydrogen-bond donors (Lipinski definition) is 2. The summed E-state index contributed by atoms with van der Waals surface area (Å²) in [6.45, 7) is 4.52. The minimum absolute atomic E-state index is 0.208. The molecule has 2 amide bonds. The summed E-state index contributed by atoms with van der Waals surface area (Å²) in [6, 6.07) is 5.14. The van der Waals surface area contributed by atoms with Crippen molar-refractivity contribution in [3.05, 3.63) is 23.8 Å². The molecule has 0 spiro atoms. The van der Waals surface area contributed by atoms with Crippen molar-refractivity contribution < 1.29 is 23.8 Å². The van der Waals surface area contributed by atoms with Crippen LogP contribution in [0.15, 0.2) is 18.2 Å². The highest BCUT2D eigenvalue weighted by atomic mass is 16.6. The van der Waals surface area contributed by atoms with Crippen LogP contribution in [0.4, 0.5) is 4.79 Å². The summed E-state index contributed by atoms with van der Waals surface area (Å²) in [5.41, 5.74) is 4.79. The highest BCUT2D eigenvalue weighted by Crippen LogP contribution is 2.27. The molecule has 130 valence electrons. The average Bonchev–Trinajstić information content (AvgIpc) is 2.59. The van der Waals surface area contributed by atoms with Gasteiger partial charge in [0.1, 0.15) is 0 Å². The molecule has 0 aliphatic heterocycles. The smallest absolute Gasteiger partial charge is 0.426 e. The Kier molecular flexibility index (Phi) is 8.61. The molecule has 0 unspecified atom stereocenters. The zero-order chi connectivity index (χ0) is 17.8. The minimum Gasteiger partial charge on any atom is -0.493 e. The second kappa shape index (κ2) is 10.8. The van der Waals surface area contributed by atoms with Gasteiger partial charge in [0.05, 0.1) is 20.3 Å². The molecule has 0 fully saturated rings. The molecule has 0 heterocycles. The Hall–Kier alpha value is -2.88. The number of benzene rings is 1. The van der Waals surface area contributed by atoms with Gasteiger partial charge in [-0.05, 0) is 31.5 Å². The number of carbonyl (C=O) groups is 2. The third kappa shape index (κ3) is 6.92. The highest BCUT2D eigenvalue weighted by Gasteiger charge is 2.05. The molecule has 24 heavy (non-hydrogen) atoms. The summed E-state index contributed by atoms with van der Waals surface area (Å²) < 4.78 is 15.5. The monoisotopic (exact) mass is 334 g/mol. The van der Waals surface area contributed by atoms with E-state index in [1.54, 1.807) is 32.2 Å². The van der Waals surface area contributed by atoms with Crippen LogP contribution in [0.1, 0.15) is 32.3 Å². The van der Waals surface area contributed by atoms with Crippen molar-refractivity contribution in [2.24, 2.45) is 0 Å². The Morgan fingerprint density at radius 2 is 1.96 bits per heavy atom. The molecule has 0 atom stereocenters. The summed E-state index contributed by atoms with van der Waals surface area (Å²) in [7, 11) is 1.56. The number of hydrazine groups is 1. The molecule has 0 aromatic heterocycles. The molecule has 0 aliphatic carbocycles. The molecule has 0 bridgehead atoms. The standard InChI is InChI=1S/C17H22N2O5/c1-4-6-11-24-15-12-13(7-9-14(15)22-3)8-10-16(20)18-19-17(21)23-5-2/h7,9,12H,4-6,11H2,1-3H3,(H,18,20)(H,19,21). The fourth-order valence-electron chi connectivity index (χ4n) is 1.63. The SMILES string of the molecule is CCCCOc1cc(C#CC(=O)NNC(=O)OCC)ccc1OC. The van der Waals surface area contributed by atoms with Crippen LogP contribution in [0, 0.1) is 11.8 Å². The molecule has 7 heteroatoms. The fourth-order valence-corrected chi connectivity index (χ4v) is 1.63. The maximum Gasteiger partial charge on any atom is 0.426 e. The third-order valence-corrected chi connectivity index (χ3v) is 2.79. The molecule has 0 aliphatic rings. The van der Waals surface area contributed by atoms with Crippen molar-refractivity contribution in [2.45, 2.75) is 26.7 Å². The quantitative estimate of drug-likeness (QED) is 0.472. The topological polar surface area (TPSA) is 85.9 Å². The number of hydrogen-bond acceptors (Lipinski definition) is 5. The Bertz CT molecular complexity index is 619. The molecule has 1 aromatic carbocycles. The predicted octanol–water partition coefficient (Wildman–Crippen LogP) is 2.00. The number of rotatable bonds is 6. The van der Waals surface area contributed by atoms with Crippen LogP contribution in [0.5, 0.6) is 11.5 Å².